The van der Waals surface area contributed by atoms with Gasteiger partial charge in [0.25, 0.3) is 5.91 Å². The lowest BCUT2D eigenvalue weighted by molar-refractivity contribution is -0.150. The van der Waals surface area contributed by atoms with E-state index >= 15 is 0 Å². The van der Waals surface area contributed by atoms with Gasteiger partial charge in [0, 0.05) is 12.8 Å². The summed E-state index contributed by atoms with van der Waals surface area (Å²) in [6.07, 6.45) is -5.86. The monoisotopic (exact) mass is 369 g/mol. The second-order valence-electron chi connectivity index (χ2n) is 6.75. The minimum atomic E-state index is -4.30. The molecule has 0 atom stereocenters. The molecule has 0 aromatic heterocycles. The molecule has 4 nitrogen and oxygen atoms in total. The lowest BCUT2D eigenvalue weighted by Gasteiger charge is -2.40. The molecule has 0 bridgehead atoms. The van der Waals surface area contributed by atoms with E-state index in [1.807, 2.05) is 6.07 Å². The van der Waals surface area contributed by atoms with Gasteiger partial charge in [-0.25, -0.2) is 0 Å². The summed E-state index contributed by atoms with van der Waals surface area (Å²) in [6, 6.07) is 8.92. The van der Waals surface area contributed by atoms with Crippen molar-refractivity contribution in [1.82, 2.24) is 4.90 Å². The molecular weight excluding hydrogens is 347 g/mol. The van der Waals surface area contributed by atoms with Crippen molar-refractivity contribution in [2.24, 2.45) is 0 Å². The number of nitrogens with zero attached hydrogens (tertiary/aromatic N) is 1. The van der Waals surface area contributed by atoms with Crippen LogP contribution in [0.15, 0.2) is 36.1 Å². The predicted octanol–water partition coefficient (Wildman–Crippen LogP) is 4.31. The lowest BCUT2D eigenvalue weighted by Crippen LogP contribution is -2.55. The zero-order valence-corrected chi connectivity index (χ0v) is 15.0. The van der Waals surface area contributed by atoms with Gasteiger partial charge in [-0.3, -0.25) is 14.5 Å². The molecule has 0 spiro atoms. The van der Waals surface area contributed by atoms with Crippen LogP contribution in [0.25, 0.3) is 5.57 Å². The molecule has 26 heavy (non-hydrogen) atoms. The first-order valence-corrected chi connectivity index (χ1v) is 8.35. The van der Waals surface area contributed by atoms with Crippen LogP contribution in [0.5, 0.6) is 0 Å². The molecule has 0 fully saturated rings. The largest absolute Gasteiger partial charge is 0.477 e. The average molecular weight is 369 g/mol. The molecular formula is C19H22F3NO3. The van der Waals surface area contributed by atoms with Crippen LogP contribution in [0.2, 0.25) is 0 Å². The summed E-state index contributed by atoms with van der Waals surface area (Å²) in [5.74, 6) is -0.336. The SMILES string of the molecule is CC1=C(c2ccccc2)C(=O)N(C(C)(C)C(=O)CCCC(F)(F)F)CO1. The Morgan fingerprint density at radius 3 is 2.38 bits per heavy atom. The van der Waals surface area contributed by atoms with Gasteiger partial charge in [-0.1, -0.05) is 30.3 Å². The molecule has 0 N–H and O–H groups in total. The van der Waals surface area contributed by atoms with E-state index in [4.69, 9.17) is 4.74 Å². The number of allylic oxidation sites excluding steroid dienone is 1. The number of alkyl halides is 3. The number of halogens is 3. The molecule has 1 amide bonds. The maximum absolute atomic E-state index is 13.0. The molecule has 1 aromatic carbocycles. The van der Waals surface area contributed by atoms with Crippen molar-refractivity contribution < 1.29 is 27.5 Å². The number of rotatable bonds is 6. The predicted molar refractivity (Wildman–Crippen MR) is 90.8 cm³/mol. The van der Waals surface area contributed by atoms with Gasteiger partial charge in [0.15, 0.2) is 12.5 Å². The van der Waals surface area contributed by atoms with E-state index in [9.17, 15) is 22.8 Å². The maximum atomic E-state index is 13.0. The van der Waals surface area contributed by atoms with E-state index in [2.05, 4.69) is 0 Å². The maximum Gasteiger partial charge on any atom is 0.389 e. The van der Waals surface area contributed by atoms with Crippen LogP contribution >= 0.6 is 0 Å². The van der Waals surface area contributed by atoms with Crippen molar-refractivity contribution in [2.45, 2.75) is 51.7 Å². The molecule has 1 aliphatic heterocycles. The Bertz CT molecular complexity index is 708. The topological polar surface area (TPSA) is 46.6 Å². The molecule has 0 saturated heterocycles. The molecule has 1 aromatic rings. The third-order valence-corrected chi connectivity index (χ3v) is 4.50. The van der Waals surface area contributed by atoms with Crippen molar-refractivity contribution in [3.05, 3.63) is 41.7 Å². The average Bonchev–Trinajstić information content (AvgIpc) is 2.54. The number of carbonyl (C=O) groups excluding carboxylic acids is 2. The number of amides is 1. The minimum absolute atomic E-state index is 0.112. The third kappa shape index (κ3) is 4.45. The van der Waals surface area contributed by atoms with E-state index in [0.29, 0.717) is 16.9 Å². The first-order chi connectivity index (χ1) is 12.0. The van der Waals surface area contributed by atoms with Gasteiger partial charge in [0.2, 0.25) is 0 Å². The van der Waals surface area contributed by atoms with Gasteiger partial charge in [0.05, 0.1) is 11.1 Å². The quantitative estimate of drug-likeness (QED) is 0.751. The van der Waals surface area contributed by atoms with Gasteiger partial charge in [-0.05, 0) is 32.8 Å². The van der Waals surface area contributed by atoms with Crippen molar-refractivity contribution in [3.8, 4) is 0 Å². The van der Waals surface area contributed by atoms with E-state index < -0.39 is 23.9 Å². The summed E-state index contributed by atoms with van der Waals surface area (Å²) >= 11 is 0. The van der Waals surface area contributed by atoms with Crippen molar-refractivity contribution >= 4 is 17.3 Å². The highest BCUT2D eigenvalue weighted by Gasteiger charge is 2.41. The van der Waals surface area contributed by atoms with E-state index in [1.165, 1.54) is 18.7 Å². The van der Waals surface area contributed by atoms with Crippen LogP contribution in [0.4, 0.5) is 13.2 Å². The van der Waals surface area contributed by atoms with Gasteiger partial charge in [-0.2, -0.15) is 13.2 Å². The zero-order chi connectivity index (χ0) is 19.5. The number of benzene rings is 1. The first kappa shape index (κ1) is 20.0. The second kappa shape index (κ2) is 7.51. The Hall–Kier alpha value is -2.31. The van der Waals surface area contributed by atoms with Crippen molar-refractivity contribution in [2.75, 3.05) is 6.73 Å². The first-order valence-electron chi connectivity index (χ1n) is 8.35. The van der Waals surface area contributed by atoms with Gasteiger partial charge in [0.1, 0.15) is 5.76 Å². The Morgan fingerprint density at radius 1 is 1.19 bits per heavy atom. The fourth-order valence-electron chi connectivity index (χ4n) is 2.83. The fourth-order valence-corrected chi connectivity index (χ4v) is 2.83. The molecule has 7 heteroatoms. The fraction of sp³-hybridized carbons (Fsp3) is 0.474. The third-order valence-electron chi connectivity index (χ3n) is 4.50. The van der Waals surface area contributed by atoms with Crippen molar-refractivity contribution in [3.63, 3.8) is 0 Å². The van der Waals surface area contributed by atoms with Gasteiger partial charge >= 0.3 is 6.18 Å². The Labute approximate surface area is 150 Å². The van der Waals surface area contributed by atoms with Crippen LogP contribution in [-0.4, -0.2) is 35.0 Å². The summed E-state index contributed by atoms with van der Waals surface area (Å²) in [5, 5.41) is 0. The number of hydrogen-bond donors (Lipinski definition) is 0. The minimum Gasteiger partial charge on any atom is -0.477 e. The summed E-state index contributed by atoms with van der Waals surface area (Å²) in [4.78, 5) is 26.7. The molecule has 1 heterocycles. The van der Waals surface area contributed by atoms with Gasteiger partial charge < -0.3 is 4.74 Å². The highest BCUT2D eigenvalue weighted by atomic mass is 19.4. The molecule has 0 radical (unpaired) electrons. The highest BCUT2D eigenvalue weighted by molar-refractivity contribution is 6.21. The molecule has 0 aliphatic carbocycles. The molecule has 2 rings (SSSR count). The highest BCUT2D eigenvalue weighted by Crippen LogP contribution is 2.32. The number of ether oxygens (including phenoxy) is 1. The Balaban J connectivity index is 2.17. The second-order valence-corrected chi connectivity index (χ2v) is 6.75. The summed E-state index contributed by atoms with van der Waals surface area (Å²) in [5.41, 5.74) is -0.239. The molecule has 142 valence electrons. The zero-order valence-electron chi connectivity index (χ0n) is 15.0. The standard InChI is InChI=1S/C19H22F3NO3/c1-13-16(14-8-5-4-6-9-14)17(25)23(12-26-13)18(2,3)15(24)10-7-11-19(20,21)22/h4-6,8-9H,7,10-12H2,1-3H3. The number of carbonyl (C=O) groups is 2. The van der Waals surface area contributed by atoms with Crippen molar-refractivity contribution in [1.29, 1.82) is 0 Å². The smallest absolute Gasteiger partial charge is 0.389 e. The summed E-state index contributed by atoms with van der Waals surface area (Å²) in [6.45, 7) is 4.63. The molecule has 0 saturated carbocycles. The Kier molecular flexibility index (Phi) is 5.78. The van der Waals surface area contributed by atoms with Crippen LogP contribution < -0.4 is 0 Å². The summed E-state index contributed by atoms with van der Waals surface area (Å²) in [7, 11) is 0. The van der Waals surface area contributed by atoms with E-state index in [1.54, 1.807) is 31.2 Å². The number of ketones is 1. The van der Waals surface area contributed by atoms with Crippen LogP contribution in [0.1, 0.15) is 45.6 Å². The molecule has 0 unspecified atom stereocenters. The van der Waals surface area contributed by atoms with Crippen LogP contribution in [0.3, 0.4) is 0 Å². The van der Waals surface area contributed by atoms with Crippen LogP contribution in [-0.2, 0) is 14.3 Å². The molecule has 1 aliphatic rings. The van der Waals surface area contributed by atoms with Gasteiger partial charge in [-0.15, -0.1) is 0 Å². The van der Waals surface area contributed by atoms with E-state index in [-0.39, 0.29) is 25.5 Å². The lowest BCUT2D eigenvalue weighted by atomic mass is 9.91. The Morgan fingerprint density at radius 2 is 1.81 bits per heavy atom. The summed E-state index contributed by atoms with van der Waals surface area (Å²) < 4.78 is 42.5. The van der Waals surface area contributed by atoms with Crippen LogP contribution in [0, 0.1) is 0 Å². The van der Waals surface area contributed by atoms with E-state index in [0.717, 1.165) is 0 Å². The number of hydrogen-bond acceptors (Lipinski definition) is 3. The number of Topliss-reactive ketones (excluding diaryl/α,β-unsaturated/α-hetero) is 1. The normalized spacial score (nSPS) is 15.9.